The van der Waals surface area contributed by atoms with Gasteiger partial charge >= 0.3 is 0 Å². The molecule has 0 aromatic carbocycles. The molecular formula is C10H18IN5S. The molecule has 2 heterocycles. The standard InChI is InChI=1S/C10H17N5S.HI/c1-14-3-2-9(13-14)8-12-10(11)15-4-6-16-7-5-15;/h2-3H,4-8H2,1H3,(H2,11,12);1H. The molecule has 17 heavy (non-hydrogen) atoms. The van der Waals surface area contributed by atoms with Crippen molar-refractivity contribution in [2.24, 2.45) is 17.8 Å². The lowest BCUT2D eigenvalue weighted by Gasteiger charge is -2.27. The summed E-state index contributed by atoms with van der Waals surface area (Å²) in [7, 11) is 1.90. The van der Waals surface area contributed by atoms with Crippen molar-refractivity contribution in [3.8, 4) is 0 Å². The molecule has 2 N–H and O–H groups in total. The van der Waals surface area contributed by atoms with E-state index in [-0.39, 0.29) is 24.0 Å². The molecule has 0 unspecified atom stereocenters. The highest BCUT2D eigenvalue weighted by molar-refractivity contribution is 14.0. The van der Waals surface area contributed by atoms with Gasteiger partial charge in [-0.1, -0.05) is 0 Å². The van der Waals surface area contributed by atoms with E-state index in [2.05, 4.69) is 15.0 Å². The van der Waals surface area contributed by atoms with E-state index in [1.165, 1.54) is 0 Å². The molecule has 0 spiro atoms. The van der Waals surface area contributed by atoms with Gasteiger partial charge in [0.2, 0.25) is 0 Å². The molecule has 2 rings (SSSR count). The Morgan fingerprint density at radius 3 is 2.82 bits per heavy atom. The van der Waals surface area contributed by atoms with Crippen molar-refractivity contribution >= 4 is 41.7 Å². The maximum atomic E-state index is 5.94. The van der Waals surface area contributed by atoms with Gasteiger partial charge in [-0.15, -0.1) is 24.0 Å². The van der Waals surface area contributed by atoms with E-state index in [4.69, 9.17) is 5.73 Å². The zero-order valence-corrected chi connectivity index (χ0v) is 13.0. The number of guanidine groups is 1. The van der Waals surface area contributed by atoms with Crippen LogP contribution in [0.3, 0.4) is 0 Å². The van der Waals surface area contributed by atoms with E-state index in [9.17, 15) is 0 Å². The predicted molar refractivity (Wildman–Crippen MR) is 82.8 cm³/mol. The third kappa shape index (κ3) is 4.38. The number of nitrogens with zero attached hydrogens (tertiary/aromatic N) is 4. The van der Waals surface area contributed by atoms with Crippen molar-refractivity contribution in [3.63, 3.8) is 0 Å². The minimum atomic E-state index is 0. The highest BCUT2D eigenvalue weighted by Crippen LogP contribution is 2.08. The summed E-state index contributed by atoms with van der Waals surface area (Å²) in [6.45, 7) is 2.57. The Kier molecular flexibility index (Phi) is 6.10. The first kappa shape index (κ1) is 14.6. The SMILES string of the molecule is Cn1ccc(CN=C(N)N2CCSCC2)n1.I. The third-order valence-electron chi connectivity index (χ3n) is 2.51. The summed E-state index contributed by atoms with van der Waals surface area (Å²) in [5.74, 6) is 2.92. The molecule has 1 aliphatic rings. The molecule has 0 bridgehead atoms. The van der Waals surface area contributed by atoms with Crippen molar-refractivity contribution in [2.45, 2.75) is 6.54 Å². The van der Waals surface area contributed by atoms with E-state index in [1.807, 2.05) is 31.1 Å². The molecule has 5 nitrogen and oxygen atoms in total. The molecular weight excluding hydrogens is 349 g/mol. The van der Waals surface area contributed by atoms with Crippen LogP contribution in [0.2, 0.25) is 0 Å². The van der Waals surface area contributed by atoms with Crippen molar-refractivity contribution in [1.82, 2.24) is 14.7 Å². The first-order valence-electron chi connectivity index (χ1n) is 5.37. The molecule has 0 saturated carbocycles. The van der Waals surface area contributed by atoms with E-state index < -0.39 is 0 Å². The fraction of sp³-hybridized carbons (Fsp3) is 0.600. The van der Waals surface area contributed by atoms with Gasteiger partial charge < -0.3 is 10.6 Å². The Hall–Kier alpha value is -0.440. The highest BCUT2D eigenvalue weighted by atomic mass is 127. The van der Waals surface area contributed by atoms with Crippen molar-refractivity contribution in [3.05, 3.63) is 18.0 Å². The van der Waals surface area contributed by atoms with Gasteiger partial charge in [-0.2, -0.15) is 16.9 Å². The van der Waals surface area contributed by atoms with Crippen molar-refractivity contribution in [2.75, 3.05) is 24.6 Å². The second kappa shape index (κ2) is 7.10. The van der Waals surface area contributed by atoms with Crippen LogP contribution < -0.4 is 5.73 Å². The lowest BCUT2D eigenvalue weighted by Crippen LogP contribution is -2.42. The molecule has 7 heteroatoms. The number of aryl methyl sites for hydroxylation is 1. The zero-order valence-electron chi connectivity index (χ0n) is 9.87. The first-order chi connectivity index (χ1) is 7.75. The minimum absolute atomic E-state index is 0. The largest absolute Gasteiger partial charge is 0.370 e. The molecule has 1 fully saturated rings. The summed E-state index contributed by atoms with van der Waals surface area (Å²) >= 11 is 1.97. The van der Waals surface area contributed by atoms with E-state index in [0.29, 0.717) is 12.5 Å². The lowest BCUT2D eigenvalue weighted by atomic mass is 10.4. The molecule has 0 atom stereocenters. The maximum Gasteiger partial charge on any atom is 0.191 e. The second-order valence-corrected chi connectivity index (χ2v) is 4.98. The van der Waals surface area contributed by atoms with Crippen LogP contribution in [0.1, 0.15) is 5.69 Å². The van der Waals surface area contributed by atoms with Gasteiger partial charge in [0.15, 0.2) is 5.96 Å². The fourth-order valence-electron chi connectivity index (χ4n) is 1.60. The summed E-state index contributed by atoms with van der Waals surface area (Å²) in [5, 5.41) is 4.26. The summed E-state index contributed by atoms with van der Waals surface area (Å²) in [5.41, 5.74) is 6.89. The first-order valence-corrected chi connectivity index (χ1v) is 6.52. The average Bonchev–Trinajstić information content (AvgIpc) is 2.73. The van der Waals surface area contributed by atoms with E-state index in [1.54, 1.807) is 4.68 Å². The number of hydrogen-bond donors (Lipinski definition) is 1. The van der Waals surface area contributed by atoms with Gasteiger partial charge in [-0.25, -0.2) is 4.99 Å². The van der Waals surface area contributed by atoms with Crippen LogP contribution in [-0.2, 0) is 13.6 Å². The normalized spacial score (nSPS) is 16.8. The van der Waals surface area contributed by atoms with Crippen molar-refractivity contribution in [1.29, 1.82) is 0 Å². The summed E-state index contributed by atoms with van der Waals surface area (Å²) in [6, 6.07) is 1.96. The Balaban J connectivity index is 0.00000144. The quantitative estimate of drug-likeness (QED) is 0.480. The van der Waals surface area contributed by atoms with Crippen LogP contribution in [0.5, 0.6) is 0 Å². The minimum Gasteiger partial charge on any atom is -0.370 e. The monoisotopic (exact) mass is 367 g/mol. The van der Waals surface area contributed by atoms with Gasteiger partial charge in [0.25, 0.3) is 0 Å². The van der Waals surface area contributed by atoms with Crippen LogP contribution in [0, 0.1) is 0 Å². The van der Waals surface area contributed by atoms with Gasteiger partial charge in [-0.05, 0) is 6.07 Å². The summed E-state index contributed by atoms with van der Waals surface area (Å²) < 4.78 is 1.78. The van der Waals surface area contributed by atoms with Gasteiger partial charge in [-0.3, -0.25) is 4.68 Å². The number of hydrogen-bond acceptors (Lipinski definition) is 3. The number of aliphatic imine (C=N–C) groups is 1. The average molecular weight is 367 g/mol. The summed E-state index contributed by atoms with van der Waals surface area (Å²) in [4.78, 5) is 6.51. The smallest absolute Gasteiger partial charge is 0.191 e. The second-order valence-electron chi connectivity index (χ2n) is 3.75. The highest BCUT2D eigenvalue weighted by Gasteiger charge is 2.11. The molecule has 0 aliphatic carbocycles. The molecule has 0 radical (unpaired) electrons. The van der Waals surface area contributed by atoms with Gasteiger partial charge in [0, 0.05) is 37.8 Å². The van der Waals surface area contributed by atoms with E-state index in [0.717, 1.165) is 30.3 Å². The Morgan fingerprint density at radius 2 is 2.24 bits per heavy atom. The van der Waals surface area contributed by atoms with E-state index >= 15 is 0 Å². The zero-order chi connectivity index (χ0) is 11.4. The Labute approximate surface area is 123 Å². The van der Waals surface area contributed by atoms with Crippen LogP contribution in [0.25, 0.3) is 0 Å². The molecule has 0 amide bonds. The lowest BCUT2D eigenvalue weighted by molar-refractivity contribution is 0.455. The third-order valence-corrected chi connectivity index (χ3v) is 3.45. The molecule has 1 saturated heterocycles. The van der Waals surface area contributed by atoms with Gasteiger partial charge in [0.1, 0.15) is 0 Å². The maximum absolute atomic E-state index is 5.94. The number of aromatic nitrogens is 2. The van der Waals surface area contributed by atoms with Gasteiger partial charge in [0.05, 0.1) is 12.2 Å². The topological polar surface area (TPSA) is 59.4 Å². The predicted octanol–water partition coefficient (Wildman–Crippen LogP) is 0.902. The summed E-state index contributed by atoms with van der Waals surface area (Å²) in [6.07, 6.45) is 1.92. The van der Waals surface area contributed by atoms with Crippen LogP contribution in [-0.4, -0.2) is 45.2 Å². The molecule has 96 valence electrons. The Morgan fingerprint density at radius 1 is 1.53 bits per heavy atom. The Bertz CT molecular complexity index is 373. The fourth-order valence-corrected chi connectivity index (χ4v) is 2.51. The number of rotatable bonds is 2. The number of nitrogens with two attached hydrogens (primary N) is 1. The molecule has 1 aromatic rings. The van der Waals surface area contributed by atoms with Crippen LogP contribution in [0.15, 0.2) is 17.3 Å². The van der Waals surface area contributed by atoms with Crippen LogP contribution >= 0.6 is 35.7 Å². The number of halogens is 1. The van der Waals surface area contributed by atoms with Crippen molar-refractivity contribution < 1.29 is 0 Å². The molecule has 1 aliphatic heterocycles. The molecule has 1 aromatic heterocycles. The van der Waals surface area contributed by atoms with Crippen LogP contribution in [0.4, 0.5) is 0 Å². The number of thioether (sulfide) groups is 1.